The third-order valence-corrected chi connectivity index (χ3v) is 5.06. The van der Waals surface area contributed by atoms with Crippen LogP contribution in [0.15, 0.2) is 65.2 Å². The summed E-state index contributed by atoms with van der Waals surface area (Å²) in [5, 5.41) is 11.7. The van der Waals surface area contributed by atoms with Crippen molar-refractivity contribution in [3.63, 3.8) is 0 Å². The molecule has 31 heavy (non-hydrogen) atoms. The molecule has 0 radical (unpaired) electrons. The van der Waals surface area contributed by atoms with Crippen LogP contribution in [0.5, 0.6) is 0 Å². The maximum absolute atomic E-state index is 13.4. The summed E-state index contributed by atoms with van der Waals surface area (Å²) in [6.07, 6.45) is 1.57. The van der Waals surface area contributed by atoms with Crippen LogP contribution in [0.25, 0.3) is 5.57 Å². The summed E-state index contributed by atoms with van der Waals surface area (Å²) < 4.78 is 18.3. The van der Waals surface area contributed by atoms with E-state index < -0.39 is 5.97 Å². The molecule has 0 saturated carbocycles. The van der Waals surface area contributed by atoms with Gasteiger partial charge in [0.05, 0.1) is 7.11 Å². The molecule has 0 saturated heterocycles. The number of carbonyl (C=O) groups excluding carboxylic acids is 1. The average Bonchev–Trinajstić information content (AvgIpc) is 2.75. The second-order valence-electron chi connectivity index (χ2n) is 7.29. The molecule has 3 rings (SSSR count). The van der Waals surface area contributed by atoms with Crippen molar-refractivity contribution < 1.29 is 13.9 Å². The minimum absolute atomic E-state index is 0.102. The van der Waals surface area contributed by atoms with Gasteiger partial charge in [-0.2, -0.15) is 0 Å². The lowest BCUT2D eigenvalue weighted by molar-refractivity contribution is -0.132. The Balaban J connectivity index is 2.19. The summed E-state index contributed by atoms with van der Waals surface area (Å²) in [5.41, 5.74) is 4.59. The van der Waals surface area contributed by atoms with Crippen molar-refractivity contribution in [1.82, 2.24) is 5.32 Å². The van der Waals surface area contributed by atoms with E-state index in [2.05, 4.69) is 10.3 Å². The van der Waals surface area contributed by atoms with Crippen LogP contribution in [0.4, 0.5) is 10.1 Å². The van der Waals surface area contributed by atoms with E-state index >= 15 is 0 Å². The van der Waals surface area contributed by atoms with E-state index in [0.717, 1.165) is 16.7 Å². The van der Waals surface area contributed by atoms with Gasteiger partial charge in [-0.25, -0.2) is 14.2 Å². The SMILES string of the molecule is COC(=O)C1=N/C(=C(/C(C)=N)c2c(C)cccc2C)NC(N(C)c2ccc(F)cc2)=C1. The van der Waals surface area contributed by atoms with E-state index in [1.54, 1.807) is 37.1 Å². The van der Waals surface area contributed by atoms with Gasteiger partial charge in [0.2, 0.25) is 0 Å². The maximum Gasteiger partial charge on any atom is 0.356 e. The number of halogens is 1. The van der Waals surface area contributed by atoms with Crippen LogP contribution in [0.3, 0.4) is 0 Å². The van der Waals surface area contributed by atoms with Crippen LogP contribution >= 0.6 is 0 Å². The van der Waals surface area contributed by atoms with Gasteiger partial charge in [-0.05, 0) is 61.7 Å². The molecule has 0 amide bonds. The van der Waals surface area contributed by atoms with E-state index in [1.807, 2.05) is 32.0 Å². The van der Waals surface area contributed by atoms with Gasteiger partial charge in [0.15, 0.2) is 5.71 Å². The van der Waals surface area contributed by atoms with E-state index in [0.29, 0.717) is 28.6 Å². The molecule has 7 heteroatoms. The molecule has 0 fully saturated rings. The summed E-state index contributed by atoms with van der Waals surface area (Å²) in [6.45, 7) is 5.63. The van der Waals surface area contributed by atoms with Gasteiger partial charge in [-0.3, -0.25) is 0 Å². The van der Waals surface area contributed by atoms with Crippen molar-refractivity contribution in [1.29, 1.82) is 5.41 Å². The number of benzene rings is 2. The number of aryl methyl sites for hydroxylation is 2. The molecule has 1 aliphatic rings. The Morgan fingerprint density at radius 1 is 1.13 bits per heavy atom. The first-order valence-corrected chi connectivity index (χ1v) is 9.74. The zero-order chi connectivity index (χ0) is 22.7. The van der Waals surface area contributed by atoms with E-state index in [9.17, 15) is 9.18 Å². The lowest BCUT2D eigenvalue weighted by atomic mass is 9.92. The molecule has 0 aromatic heterocycles. The molecule has 0 bridgehead atoms. The Bertz CT molecular complexity index is 1110. The fraction of sp³-hybridized carbons (Fsp3) is 0.208. The topological polar surface area (TPSA) is 77.8 Å². The fourth-order valence-electron chi connectivity index (χ4n) is 3.47. The second-order valence-corrected chi connectivity index (χ2v) is 7.29. The zero-order valence-electron chi connectivity index (χ0n) is 18.2. The number of hydrogen-bond donors (Lipinski definition) is 2. The number of anilines is 1. The molecular weight excluding hydrogens is 395 g/mol. The minimum Gasteiger partial charge on any atom is -0.464 e. The van der Waals surface area contributed by atoms with Crippen molar-refractivity contribution in [3.05, 3.63) is 82.7 Å². The molecule has 1 aliphatic heterocycles. The molecule has 0 unspecified atom stereocenters. The third kappa shape index (κ3) is 4.55. The number of hydrogen-bond acceptors (Lipinski definition) is 6. The van der Waals surface area contributed by atoms with Crippen LogP contribution in [0.2, 0.25) is 0 Å². The quantitative estimate of drug-likeness (QED) is 0.557. The predicted molar refractivity (Wildman–Crippen MR) is 122 cm³/mol. The Morgan fingerprint density at radius 2 is 1.74 bits per heavy atom. The van der Waals surface area contributed by atoms with Gasteiger partial charge in [0.1, 0.15) is 17.5 Å². The highest BCUT2D eigenvalue weighted by Gasteiger charge is 2.24. The predicted octanol–water partition coefficient (Wildman–Crippen LogP) is 4.35. The molecule has 2 N–H and O–H groups in total. The summed E-state index contributed by atoms with van der Waals surface area (Å²) in [4.78, 5) is 18.6. The highest BCUT2D eigenvalue weighted by Crippen LogP contribution is 2.29. The molecule has 0 aliphatic carbocycles. The van der Waals surface area contributed by atoms with Gasteiger partial charge < -0.3 is 20.4 Å². The van der Waals surface area contributed by atoms with Gasteiger partial charge in [0, 0.05) is 30.1 Å². The number of aliphatic imine (C=N–C) groups is 1. The highest BCUT2D eigenvalue weighted by molar-refractivity contribution is 6.42. The van der Waals surface area contributed by atoms with Crippen LogP contribution < -0.4 is 10.2 Å². The molecule has 2 aromatic carbocycles. The number of esters is 1. The molecule has 0 spiro atoms. The maximum atomic E-state index is 13.4. The summed E-state index contributed by atoms with van der Waals surface area (Å²) in [7, 11) is 3.08. The van der Waals surface area contributed by atoms with E-state index in [4.69, 9.17) is 10.1 Å². The van der Waals surface area contributed by atoms with Crippen molar-refractivity contribution in [2.24, 2.45) is 4.99 Å². The largest absolute Gasteiger partial charge is 0.464 e. The summed E-state index contributed by atoms with van der Waals surface area (Å²) >= 11 is 0. The third-order valence-electron chi connectivity index (χ3n) is 5.06. The van der Waals surface area contributed by atoms with E-state index in [1.165, 1.54) is 19.2 Å². The number of nitrogens with zero attached hydrogens (tertiary/aromatic N) is 2. The monoisotopic (exact) mass is 420 g/mol. The summed E-state index contributed by atoms with van der Waals surface area (Å²) in [6, 6.07) is 11.9. The lowest BCUT2D eigenvalue weighted by Crippen LogP contribution is -2.34. The standard InChI is InChI=1S/C24H25FN4O2/c1-14-7-6-8-15(2)21(14)22(16(3)26)23-27-19(24(30)31-5)13-20(28-23)29(4)18-11-9-17(25)10-12-18/h6-13,26,28H,1-5H3/b23-22+,26-16?. The molecule has 1 heterocycles. The van der Waals surface area contributed by atoms with Crippen LogP contribution in [-0.2, 0) is 9.53 Å². The van der Waals surface area contributed by atoms with Gasteiger partial charge in [-0.15, -0.1) is 0 Å². The van der Waals surface area contributed by atoms with Crippen LogP contribution in [0, 0.1) is 25.1 Å². The number of allylic oxidation sites excluding steroid dienone is 1. The highest BCUT2D eigenvalue weighted by atomic mass is 19.1. The Hall–Kier alpha value is -3.74. The Kier molecular flexibility index (Phi) is 6.34. The minimum atomic E-state index is -0.590. The summed E-state index contributed by atoms with van der Waals surface area (Å²) in [5.74, 6) is -0.0110. The lowest BCUT2D eigenvalue weighted by Gasteiger charge is -2.28. The number of ether oxygens (including phenoxy) is 1. The van der Waals surface area contributed by atoms with Gasteiger partial charge >= 0.3 is 5.97 Å². The molecular formula is C24H25FN4O2. The van der Waals surface area contributed by atoms with Gasteiger partial charge in [-0.1, -0.05) is 18.2 Å². The number of methoxy groups -OCH3 is 1. The van der Waals surface area contributed by atoms with Crippen molar-refractivity contribution in [2.45, 2.75) is 20.8 Å². The molecule has 0 atom stereocenters. The average molecular weight is 420 g/mol. The Labute approximate surface area is 181 Å². The normalized spacial score (nSPS) is 14.8. The first kappa shape index (κ1) is 22.0. The smallest absolute Gasteiger partial charge is 0.356 e. The number of nitrogens with one attached hydrogen (secondary N) is 2. The van der Waals surface area contributed by atoms with Crippen LogP contribution in [-0.4, -0.2) is 31.6 Å². The molecule has 2 aromatic rings. The van der Waals surface area contributed by atoms with Crippen LogP contribution in [0.1, 0.15) is 23.6 Å². The second kappa shape index (κ2) is 8.95. The fourth-order valence-corrected chi connectivity index (χ4v) is 3.47. The van der Waals surface area contributed by atoms with E-state index in [-0.39, 0.29) is 11.5 Å². The molecule has 6 nitrogen and oxygen atoms in total. The van der Waals surface area contributed by atoms with Crippen molar-refractivity contribution >= 4 is 28.7 Å². The number of carbonyl (C=O) groups is 1. The number of rotatable bonds is 5. The van der Waals surface area contributed by atoms with Gasteiger partial charge in [0.25, 0.3) is 0 Å². The van der Waals surface area contributed by atoms with Crippen molar-refractivity contribution in [3.8, 4) is 0 Å². The first-order valence-electron chi connectivity index (χ1n) is 9.74. The van der Waals surface area contributed by atoms with Crippen molar-refractivity contribution in [2.75, 3.05) is 19.1 Å². The molecule has 160 valence electrons. The Morgan fingerprint density at radius 3 is 2.29 bits per heavy atom. The first-order chi connectivity index (χ1) is 14.7. The zero-order valence-corrected chi connectivity index (χ0v) is 18.2.